The number of aliphatic hydroxyl groups is 1. The number of hydrogen-bond acceptors (Lipinski definition) is 2. The molecular weight excluding hydrogens is 206 g/mol. The largest absolute Gasteiger partial charge is 0.384 e. The SMILES string of the molecule is OCC#Cc1cccc(Br)n1. The predicted molar refractivity (Wildman–Crippen MR) is 45.9 cm³/mol. The molecule has 0 saturated heterocycles. The van der Waals surface area contributed by atoms with E-state index in [-0.39, 0.29) is 6.61 Å². The van der Waals surface area contributed by atoms with Gasteiger partial charge in [-0.05, 0) is 34.0 Å². The van der Waals surface area contributed by atoms with Crippen LogP contribution in [-0.4, -0.2) is 16.7 Å². The summed E-state index contributed by atoms with van der Waals surface area (Å²) in [6.45, 7) is -0.131. The molecule has 0 radical (unpaired) electrons. The van der Waals surface area contributed by atoms with Gasteiger partial charge in [-0.3, -0.25) is 0 Å². The Kier molecular flexibility index (Phi) is 3.09. The molecule has 0 fully saturated rings. The molecule has 0 aromatic carbocycles. The predicted octanol–water partition coefficient (Wildman–Crippen LogP) is 1.19. The van der Waals surface area contributed by atoms with E-state index in [4.69, 9.17) is 5.11 Å². The van der Waals surface area contributed by atoms with Gasteiger partial charge in [0.2, 0.25) is 0 Å². The first-order chi connectivity index (χ1) is 5.33. The Bertz CT molecular complexity index is 300. The molecule has 11 heavy (non-hydrogen) atoms. The smallest absolute Gasteiger partial charge is 0.114 e. The zero-order valence-corrected chi connectivity index (χ0v) is 7.30. The summed E-state index contributed by atoms with van der Waals surface area (Å²) < 4.78 is 0.752. The van der Waals surface area contributed by atoms with E-state index in [0.29, 0.717) is 5.69 Å². The van der Waals surface area contributed by atoms with E-state index >= 15 is 0 Å². The highest BCUT2D eigenvalue weighted by Gasteiger charge is 1.88. The van der Waals surface area contributed by atoms with Crippen LogP contribution in [0.3, 0.4) is 0 Å². The van der Waals surface area contributed by atoms with E-state index in [1.54, 1.807) is 6.07 Å². The number of nitrogens with zero attached hydrogens (tertiary/aromatic N) is 1. The van der Waals surface area contributed by atoms with Crippen LogP contribution < -0.4 is 0 Å². The maximum absolute atomic E-state index is 8.38. The molecule has 0 amide bonds. The van der Waals surface area contributed by atoms with Crippen LogP contribution in [0.25, 0.3) is 0 Å². The van der Waals surface area contributed by atoms with Crippen LogP contribution in [-0.2, 0) is 0 Å². The summed E-state index contributed by atoms with van der Waals surface area (Å²) in [5.41, 5.74) is 0.661. The van der Waals surface area contributed by atoms with Crippen molar-refractivity contribution in [1.29, 1.82) is 0 Å². The summed E-state index contributed by atoms with van der Waals surface area (Å²) in [4.78, 5) is 4.04. The van der Waals surface area contributed by atoms with Crippen molar-refractivity contribution in [3.8, 4) is 11.8 Å². The Morgan fingerprint density at radius 1 is 1.55 bits per heavy atom. The van der Waals surface area contributed by atoms with Gasteiger partial charge >= 0.3 is 0 Å². The number of aliphatic hydroxyl groups excluding tert-OH is 1. The van der Waals surface area contributed by atoms with Crippen LogP contribution in [0.15, 0.2) is 22.8 Å². The second-order valence-corrected chi connectivity index (χ2v) is 2.62. The van der Waals surface area contributed by atoms with Crippen molar-refractivity contribution < 1.29 is 5.11 Å². The topological polar surface area (TPSA) is 33.1 Å². The first kappa shape index (κ1) is 8.25. The van der Waals surface area contributed by atoms with Gasteiger partial charge in [0.05, 0.1) is 0 Å². The fourth-order valence-electron chi connectivity index (χ4n) is 0.608. The van der Waals surface area contributed by atoms with E-state index < -0.39 is 0 Å². The summed E-state index contributed by atoms with van der Waals surface area (Å²) in [7, 11) is 0. The zero-order chi connectivity index (χ0) is 8.10. The lowest BCUT2D eigenvalue weighted by Gasteiger charge is -1.88. The zero-order valence-electron chi connectivity index (χ0n) is 5.71. The molecule has 1 rings (SSSR count). The summed E-state index contributed by atoms with van der Waals surface area (Å²) >= 11 is 3.21. The van der Waals surface area contributed by atoms with Gasteiger partial charge < -0.3 is 5.11 Å². The minimum atomic E-state index is -0.131. The van der Waals surface area contributed by atoms with Crippen LogP contribution in [0.1, 0.15) is 5.69 Å². The second-order valence-electron chi connectivity index (χ2n) is 1.81. The number of hydrogen-bond donors (Lipinski definition) is 1. The van der Waals surface area contributed by atoms with Gasteiger partial charge in [0.1, 0.15) is 16.9 Å². The minimum absolute atomic E-state index is 0.131. The lowest BCUT2D eigenvalue weighted by atomic mass is 10.3. The Labute approximate surface area is 73.4 Å². The number of aromatic nitrogens is 1. The van der Waals surface area contributed by atoms with Crippen molar-refractivity contribution >= 4 is 15.9 Å². The number of halogens is 1. The van der Waals surface area contributed by atoms with Crippen molar-refractivity contribution in [2.45, 2.75) is 0 Å². The Balaban J connectivity index is 2.87. The van der Waals surface area contributed by atoms with E-state index in [0.717, 1.165) is 4.60 Å². The lowest BCUT2D eigenvalue weighted by Crippen LogP contribution is -1.82. The number of pyridine rings is 1. The maximum Gasteiger partial charge on any atom is 0.114 e. The van der Waals surface area contributed by atoms with Crippen LogP contribution >= 0.6 is 15.9 Å². The monoisotopic (exact) mass is 211 g/mol. The molecule has 1 aromatic rings. The van der Waals surface area contributed by atoms with Crippen LogP contribution in [0.5, 0.6) is 0 Å². The van der Waals surface area contributed by atoms with Crippen molar-refractivity contribution in [3.05, 3.63) is 28.5 Å². The highest BCUT2D eigenvalue weighted by molar-refractivity contribution is 9.10. The van der Waals surface area contributed by atoms with Crippen molar-refractivity contribution in [2.75, 3.05) is 6.61 Å². The standard InChI is InChI=1S/C8H6BrNO/c9-8-5-1-3-7(10-8)4-2-6-11/h1,3,5,11H,6H2. The fraction of sp³-hybridized carbons (Fsp3) is 0.125. The maximum atomic E-state index is 8.38. The molecule has 0 aliphatic heterocycles. The third kappa shape index (κ3) is 2.71. The average Bonchev–Trinajstić information content (AvgIpc) is 2.01. The molecule has 0 unspecified atom stereocenters. The summed E-state index contributed by atoms with van der Waals surface area (Å²) in [6.07, 6.45) is 0. The highest BCUT2D eigenvalue weighted by Crippen LogP contribution is 2.04. The first-order valence-corrected chi connectivity index (χ1v) is 3.84. The Morgan fingerprint density at radius 3 is 3.00 bits per heavy atom. The van der Waals surface area contributed by atoms with E-state index in [1.807, 2.05) is 12.1 Å². The molecule has 0 aliphatic rings. The van der Waals surface area contributed by atoms with Gasteiger partial charge in [0.15, 0.2) is 0 Å². The third-order valence-electron chi connectivity index (χ3n) is 1.01. The average molecular weight is 212 g/mol. The van der Waals surface area contributed by atoms with Crippen molar-refractivity contribution in [1.82, 2.24) is 4.98 Å². The van der Waals surface area contributed by atoms with E-state index in [9.17, 15) is 0 Å². The summed E-state index contributed by atoms with van der Waals surface area (Å²) in [6, 6.07) is 5.45. The van der Waals surface area contributed by atoms with Crippen molar-refractivity contribution in [2.24, 2.45) is 0 Å². The van der Waals surface area contributed by atoms with Gasteiger partial charge in [-0.25, -0.2) is 4.98 Å². The van der Waals surface area contributed by atoms with E-state index in [1.165, 1.54) is 0 Å². The van der Waals surface area contributed by atoms with Gasteiger partial charge in [-0.2, -0.15) is 0 Å². The Hall–Kier alpha value is -0.850. The highest BCUT2D eigenvalue weighted by atomic mass is 79.9. The lowest BCUT2D eigenvalue weighted by molar-refractivity contribution is 0.350. The molecule has 0 saturated carbocycles. The number of rotatable bonds is 0. The van der Waals surface area contributed by atoms with Gasteiger partial charge in [-0.1, -0.05) is 12.0 Å². The minimum Gasteiger partial charge on any atom is -0.384 e. The molecule has 1 aromatic heterocycles. The van der Waals surface area contributed by atoms with Gasteiger partial charge in [-0.15, -0.1) is 0 Å². The Morgan fingerprint density at radius 2 is 2.36 bits per heavy atom. The molecular formula is C8H6BrNO. The van der Waals surface area contributed by atoms with Crippen LogP contribution in [0.2, 0.25) is 0 Å². The van der Waals surface area contributed by atoms with Gasteiger partial charge in [0, 0.05) is 0 Å². The molecule has 56 valence electrons. The molecule has 3 heteroatoms. The fourth-order valence-corrected chi connectivity index (χ4v) is 0.952. The van der Waals surface area contributed by atoms with Crippen molar-refractivity contribution in [3.63, 3.8) is 0 Å². The van der Waals surface area contributed by atoms with Gasteiger partial charge in [0.25, 0.3) is 0 Å². The molecule has 0 bridgehead atoms. The normalized spacial score (nSPS) is 8.55. The van der Waals surface area contributed by atoms with Crippen LogP contribution in [0, 0.1) is 11.8 Å². The second kappa shape index (κ2) is 4.12. The molecule has 2 nitrogen and oxygen atoms in total. The molecule has 0 atom stereocenters. The first-order valence-electron chi connectivity index (χ1n) is 3.05. The summed E-state index contributed by atoms with van der Waals surface area (Å²) in [5.74, 6) is 5.21. The quantitative estimate of drug-likeness (QED) is 0.517. The molecule has 0 spiro atoms. The summed E-state index contributed by atoms with van der Waals surface area (Å²) in [5, 5.41) is 8.38. The molecule has 0 aliphatic carbocycles. The molecule has 1 N–H and O–H groups in total. The molecule has 1 heterocycles. The van der Waals surface area contributed by atoms with E-state index in [2.05, 4.69) is 32.8 Å². The third-order valence-corrected chi connectivity index (χ3v) is 1.45. The van der Waals surface area contributed by atoms with Crippen LogP contribution in [0.4, 0.5) is 0 Å².